The number of nitrogens with zero attached hydrogens (tertiary/aromatic N) is 1. The molecule has 1 aromatic rings. The van der Waals surface area contributed by atoms with E-state index in [0.29, 0.717) is 13.0 Å². The number of Topliss-reactive ketones (excluding diaryl/α,β-unsaturated/α-hetero) is 1. The number of rotatable bonds is 6. The number of aromatic nitrogens is 1. The van der Waals surface area contributed by atoms with E-state index in [4.69, 9.17) is 5.73 Å². The molecule has 0 aliphatic heterocycles. The zero-order valence-corrected chi connectivity index (χ0v) is 12.0. The van der Waals surface area contributed by atoms with Gasteiger partial charge in [0.05, 0.1) is 0 Å². The highest BCUT2D eigenvalue weighted by Gasteiger charge is 2.32. The summed E-state index contributed by atoms with van der Waals surface area (Å²) in [4.78, 5) is 16.4. The first-order chi connectivity index (χ1) is 8.07. The number of hydrogen-bond acceptors (Lipinski definition) is 3. The van der Waals surface area contributed by atoms with Crippen molar-refractivity contribution in [1.29, 1.82) is 0 Å². The molecule has 0 fully saturated rings. The fourth-order valence-electron chi connectivity index (χ4n) is 1.97. The highest BCUT2D eigenvalue weighted by Crippen LogP contribution is 2.28. The molecule has 1 aromatic heterocycles. The molecule has 1 heterocycles. The molecule has 0 aliphatic rings. The number of halogens is 1. The van der Waals surface area contributed by atoms with Gasteiger partial charge in [0.1, 0.15) is 5.78 Å². The quantitative estimate of drug-likeness (QED) is 0.878. The van der Waals surface area contributed by atoms with Crippen LogP contribution in [0.5, 0.6) is 0 Å². The van der Waals surface area contributed by atoms with Gasteiger partial charge in [-0.25, -0.2) is 0 Å². The van der Waals surface area contributed by atoms with E-state index in [9.17, 15) is 4.79 Å². The third-order valence-corrected chi connectivity index (χ3v) is 3.90. The SMILES string of the molecule is CCC(CC)(CN)C(=O)Cc1cncc(Br)c1. The van der Waals surface area contributed by atoms with E-state index in [2.05, 4.69) is 20.9 Å². The maximum Gasteiger partial charge on any atom is 0.144 e. The maximum absolute atomic E-state index is 12.3. The van der Waals surface area contributed by atoms with Gasteiger partial charge in [0, 0.05) is 35.2 Å². The van der Waals surface area contributed by atoms with Gasteiger partial charge in [-0.1, -0.05) is 13.8 Å². The van der Waals surface area contributed by atoms with Crippen LogP contribution in [0, 0.1) is 5.41 Å². The van der Waals surface area contributed by atoms with Gasteiger partial charge in [0.15, 0.2) is 0 Å². The van der Waals surface area contributed by atoms with Crippen LogP contribution in [0.4, 0.5) is 0 Å². The molecule has 3 nitrogen and oxygen atoms in total. The first kappa shape index (κ1) is 14.3. The largest absolute Gasteiger partial charge is 0.329 e. The smallest absolute Gasteiger partial charge is 0.144 e. The summed E-state index contributed by atoms with van der Waals surface area (Å²) < 4.78 is 0.897. The Bertz CT molecular complexity index is 380. The van der Waals surface area contributed by atoms with Crippen molar-refractivity contribution >= 4 is 21.7 Å². The van der Waals surface area contributed by atoms with Gasteiger partial charge in [-0.3, -0.25) is 9.78 Å². The molecule has 0 radical (unpaired) electrons. The molecule has 0 amide bonds. The van der Waals surface area contributed by atoms with Crippen molar-refractivity contribution in [3.8, 4) is 0 Å². The summed E-state index contributed by atoms with van der Waals surface area (Å²) in [5.74, 6) is 0.213. The van der Waals surface area contributed by atoms with Crippen molar-refractivity contribution in [3.63, 3.8) is 0 Å². The van der Waals surface area contributed by atoms with Crippen LogP contribution < -0.4 is 5.73 Å². The van der Waals surface area contributed by atoms with E-state index in [1.165, 1.54) is 0 Å². The summed E-state index contributed by atoms with van der Waals surface area (Å²) in [7, 11) is 0. The standard InChI is InChI=1S/C13H19BrN2O/c1-3-13(4-2,9-15)12(17)6-10-5-11(14)8-16-7-10/h5,7-8H,3-4,6,9,15H2,1-2H3. The van der Waals surface area contributed by atoms with Gasteiger partial charge >= 0.3 is 0 Å². The Hall–Kier alpha value is -0.740. The van der Waals surface area contributed by atoms with Crippen LogP contribution in [-0.2, 0) is 11.2 Å². The summed E-state index contributed by atoms with van der Waals surface area (Å²) >= 11 is 3.36. The van der Waals surface area contributed by atoms with Gasteiger partial charge < -0.3 is 5.73 Å². The number of ketones is 1. The molecule has 0 unspecified atom stereocenters. The lowest BCUT2D eigenvalue weighted by atomic mass is 9.76. The molecule has 0 aliphatic carbocycles. The molecule has 0 bridgehead atoms. The lowest BCUT2D eigenvalue weighted by molar-refractivity contribution is -0.128. The van der Waals surface area contributed by atoms with Crippen LogP contribution in [0.3, 0.4) is 0 Å². The van der Waals surface area contributed by atoms with E-state index in [-0.39, 0.29) is 11.2 Å². The molecular formula is C13H19BrN2O. The van der Waals surface area contributed by atoms with E-state index in [1.54, 1.807) is 12.4 Å². The van der Waals surface area contributed by atoms with Gasteiger partial charge in [-0.2, -0.15) is 0 Å². The first-order valence-electron chi connectivity index (χ1n) is 5.90. The Kier molecular flexibility index (Phi) is 5.28. The van der Waals surface area contributed by atoms with Crippen molar-refractivity contribution in [2.75, 3.05) is 6.54 Å². The van der Waals surface area contributed by atoms with Crippen molar-refractivity contribution in [2.24, 2.45) is 11.1 Å². The Labute approximate surface area is 111 Å². The van der Waals surface area contributed by atoms with Gasteiger partial charge in [0.25, 0.3) is 0 Å². The molecule has 0 atom stereocenters. The fourth-order valence-corrected chi connectivity index (χ4v) is 2.38. The van der Waals surface area contributed by atoms with Crippen LogP contribution in [-0.4, -0.2) is 17.3 Å². The minimum absolute atomic E-state index is 0.213. The summed E-state index contributed by atoms with van der Waals surface area (Å²) in [5.41, 5.74) is 6.33. The molecule has 94 valence electrons. The van der Waals surface area contributed by atoms with E-state index < -0.39 is 0 Å². The van der Waals surface area contributed by atoms with E-state index >= 15 is 0 Å². The molecule has 0 saturated carbocycles. The third-order valence-electron chi connectivity index (χ3n) is 3.46. The average Bonchev–Trinajstić information content (AvgIpc) is 2.32. The molecule has 0 aromatic carbocycles. The van der Waals surface area contributed by atoms with Crippen molar-refractivity contribution in [3.05, 3.63) is 28.5 Å². The van der Waals surface area contributed by atoms with Crippen molar-refractivity contribution in [2.45, 2.75) is 33.1 Å². The second-order valence-electron chi connectivity index (χ2n) is 4.30. The van der Waals surface area contributed by atoms with Gasteiger partial charge in [-0.05, 0) is 40.4 Å². The zero-order valence-electron chi connectivity index (χ0n) is 10.4. The molecule has 1 rings (SSSR count). The predicted molar refractivity (Wildman–Crippen MR) is 72.7 cm³/mol. The summed E-state index contributed by atoms with van der Waals surface area (Å²) in [6.07, 6.45) is 5.44. The Morgan fingerprint density at radius 1 is 1.41 bits per heavy atom. The normalized spacial score (nSPS) is 11.5. The third kappa shape index (κ3) is 3.36. The van der Waals surface area contributed by atoms with Gasteiger partial charge in [-0.15, -0.1) is 0 Å². The number of pyridine rings is 1. The summed E-state index contributed by atoms with van der Waals surface area (Å²) in [6.45, 7) is 4.46. The Balaban J connectivity index is 2.84. The van der Waals surface area contributed by atoms with Crippen molar-refractivity contribution < 1.29 is 4.79 Å². The Morgan fingerprint density at radius 2 is 2.06 bits per heavy atom. The monoisotopic (exact) mass is 298 g/mol. The van der Waals surface area contributed by atoms with Crippen LogP contribution in [0.15, 0.2) is 22.9 Å². The number of carbonyl (C=O) groups excluding carboxylic acids is 1. The second-order valence-corrected chi connectivity index (χ2v) is 5.22. The lowest BCUT2D eigenvalue weighted by Crippen LogP contribution is -2.38. The minimum atomic E-state index is -0.373. The lowest BCUT2D eigenvalue weighted by Gasteiger charge is -2.28. The first-order valence-corrected chi connectivity index (χ1v) is 6.70. The summed E-state index contributed by atoms with van der Waals surface area (Å²) in [6, 6.07) is 1.93. The van der Waals surface area contributed by atoms with E-state index in [0.717, 1.165) is 22.9 Å². The van der Waals surface area contributed by atoms with Gasteiger partial charge in [0.2, 0.25) is 0 Å². The van der Waals surface area contributed by atoms with Crippen LogP contribution in [0.1, 0.15) is 32.3 Å². The highest BCUT2D eigenvalue weighted by atomic mass is 79.9. The van der Waals surface area contributed by atoms with Crippen LogP contribution >= 0.6 is 15.9 Å². The molecule has 0 spiro atoms. The van der Waals surface area contributed by atoms with Crippen LogP contribution in [0.25, 0.3) is 0 Å². The van der Waals surface area contributed by atoms with Crippen molar-refractivity contribution in [1.82, 2.24) is 4.98 Å². The molecule has 0 saturated heterocycles. The number of hydrogen-bond donors (Lipinski definition) is 1. The second kappa shape index (κ2) is 6.26. The number of nitrogens with two attached hydrogens (primary N) is 1. The average molecular weight is 299 g/mol. The minimum Gasteiger partial charge on any atom is -0.329 e. The molecule has 17 heavy (non-hydrogen) atoms. The van der Waals surface area contributed by atoms with Crippen LogP contribution in [0.2, 0.25) is 0 Å². The fraction of sp³-hybridized carbons (Fsp3) is 0.538. The maximum atomic E-state index is 12.3. The highest BCUT2D eigenvalue weighted by molar-refractivity contribution is 9.10. The predicted octanol–water partition coefficient (Wildman–Crippen LogP) is 2.72. The van der Waals surface area contributed by atoms with E-state index in [1.807, 2.05) is 19.9 Å². The molecular weight excluding hydrogens is 280 g/mol. The zero-order chi connectivity index (χ0) is 12.9. The number of carbonyl (C=O) groups is 1. The topological polar surface area (TPSA) is 56.0 Å². The Morgan fingerprint density at radius 3 is 2.53 bits per heavy atom. The summed E-state index contributed by atoms with van der Waals surface area (Å²) in [5, 5.41) is 0. The molecule has 4 heteroatoms. The molecule has 2 N–H and O–H groups in total.